The van der Waals surface area contributed by atoms with Crippen LogP contribution in [0.1, 0.15) is 23.6 Å². The third-order valence-corrected chi connectivity index (χ3v) is 5.02. The number of rotatable bonds is 3. The first-order valence-corrected chi connectivity index (χ1v) is 9.25. The molecular formula is C22H18N4O2. The maximum absolute atomic E-state index is 12.8. The fraction of sp³-hybridized carbons (Fsp3) is 0.136. The number of carbonyl (C=O) groups is 1. The van der Waals surface area contributed by atoms with Crippen LogP contribution < -0.4 is 10.1 Å². The number of ether oxygens (including phenoxy) is 1. The maximum Gasteiger partial charge on any atom is 0.344 e. The summed E-state index contributed by atoms with van der Waals surface area (Å²) in [5, 5.41) is 11.2. The Bertz CT molecular complexity index is 1150. The molecule has 0 aliphatic heterocycles. The molecule has 1 heterocycles. The molecule has 1 aromatic heterocycles. The summed E-state index contributed by atoms with van der Waals surface area (Å²) >= 11 is 0. The lowest BCUT2D eigenvalue weighted by Crippen LogP contribution is -2.32. The average molecular weight is 370 g/mol. The van der Waals surface area contributed by atoms with E-state index < -0.39 is 0 Å². The molecule has 1 unspecified atom stereocenters. The molecule has 6 heteroatoms. The molecule has 28 heavy (non-hydrogen) atoms. The van der Waals surface area contributed by atoms with Crippen molar-refractivity contribution >= 4 is 17.1 Å². The molecule has 0 saturated heterocycles. The summed E-state index contributed by atoms with van der Waals surface area (Å²) in [6.07, 6.45) is 1.87. The van der Waals surface area contributed by atoms with Crippen molar-refractivity contribution in [2.24, 2.45) is 0 Å². The summed E-state index contributed by atoms with van der Waals surface area (Å²) in [6.45, 7) is 0. The predicted molar refractivity (Wildman–Crippen MR) is 105 cm³/mol. The highest BCUT2D eigenvalue weighted by molar-refractivity contribution is 5.88. The van der Waals surface area contributed by atoms with Crippen molar-refractivity contribution < 1.29 is 9.53 Å². The van der Waals surface area contributed by atoms with Gasteiger partial charge >= 0.3 is 6.03 Å². The van der Waals surface area contributed by atoms with Crippen LogP contribution in [0.5, 0.6) is 11.5 Å². The van der Waals surface area contributed by atoms with Crippen LogP contribution in [0, 0.1) is 0 Å². The Morgan fingerprint density at radius 2 is 1.82 bits per heavy atom. The Morgan fingerprint density at radius 1 is 1.00 bits per heavy atom. The molecule has 3 aromatic carbocycles. The van der Waals surface area contributed by atoms with Gasteiger partial charge in [-0.25, -0.2) is 4.79 Å². The van der Waals surface area contributed by atoms with E-state index in [2.05, 4.69) is 27.8 Å². The number of nitrogens with one attached hydrogen (secondary N) is 1. The van der Waals surface area contributed by atoms with Crippen LogP contribution in [0.2, 0.25) is 0 Å². The molecule has 0 bridgehead atoms. The van der Waals surface area contributed by atoms with E-state index in [4.69, 9.17) is 4.74 Å². The minimum absolute atomic E-state index is 0.00337. The molecular weight excluding hydrogens is 352 g/mol. The average Bonchev–Trinajstić information content (AvgIpc) is 3.33. The minimum Gasteiger partial charge on any atom is -0.457 e. The normalized spacial score (nSPS) is 15.4. The smallest absolute Gasteiger partial charge is 0.344 e. The summed E-state index contributed by atoms with van der Waals surface area (Å²) in [6, 6.07) is 22.9. The second-order valence-corrected chi connectivity index (χ2v) is 6.81. The quantitative estimate of drug-likeness (QED) is 0.578. The molecule has 1 amide bonds. The Balaban J connectivity index is 1.37. The van der Waals surface area contributed by atoms with Crippen LogP contribution in [-0.2, 0) is 6.42 Å². The molecule has 1 atom stereocenters. The topological polar surface area (TPSA) is 69.0 Å². The van der Waals surface area contributed by atoms with Crippen molar-refractivity contribution in [3.8, 4) is 11.5 Å². The lowest BCUT2D eigenvalue weighted by Gasteiger charge is -2.13. The molecule has 6 nitrogen and oxygen atoms in total. The number of para-hydroxylation sites is 1. The molecule has 0 spiro atoms. The van der Waals surface area contributed by atoms with Gasteiger partial charge < -0.3 is 10.1 Å². The number of fused-ring (bicyclic) bond motifs is 2. The van der Waals surface area contributed by atoms with Gasteiger partial charge in [0.2, 0.25) is 0 Å². The number of hydrogen-bond acceptors (Lipinski definition) is 4. The van der Waals surface area contributed by atoms with Crippen LogP contribution >= 0.6 is 0 Å². The van der Waals surface area contributed by atoms with Gasteiger partial charge in [-0.1, -0.05) is 47.7 Å². The zero-order valence-electron chi connectivity index (χ0n) is 15.1. The second kappa shape index (κ2) is 6.81. The highest BCUT2D eigenvalue weighted by Crippen LogP contribution is 2.31. The van der Waals surface area contributed by atoms with E-state index in [1.807, 2.05) is 48.5 Å². The van der Waals surface area contributed by atoms with E-state index in [1.165, 1.54) is 15.8 Å². The molecule has 0 radical (unpaired) electrons. The highest BCUT2D eigenvalue weighted by atomic mass is 16.5. The third kappa shape index (κ3) is 2.99. The summed E-state index contributed by atoms with van der Waals surface area (Å²) in [5.74, 6) is 1.39. The summed E-state index contributed by atoms with van der Waals surface area (Å²) in [5.41, 5.74) is 3.72. The molecule has 1 aliphatic rings. The van der Waals surface area contributed by atoms with Crippen molar-refractivity contribution in [2.75, 3.05) is 0 Å². The molecule has 1 aliphatic carbocycles. The van der Waals surface area contributed by atoms with E-state index >= 15 is 0 Å². The lowest BCUT2D eigenvalue weighted by atomic mass is 10.1. The zero-order valence-corrected chi connectivity index (χ0v) is 15.1. The van der Waals surface area contributed by atoms with Gasteiger partial charge in [0.05, 0.1) is 11.6 Å². The van der Waals surface area contributed by atoms with Crippen molar-refractivity contribution in [3.63, 3.8) is 0 Å². The number of nitrogens with zero attached hydrogens (tertiary/aromatic N) is 3. The van der Waals surface area contributed by atoms with Gasteiger partial charge in [0.15, 0.2) is 0 Å². The first-order chi connectivity index (χ1) is 13.8. The minimum atomic E-state index is -0.277. The van der Waals surface area contributed by atoms with Gasteiger partial charge in [-0.3, -0.25) is 0 Å². The summed E-state index contributed by atoms with van der Waals surface area (Å²) in [4.78, 5) is 12.8. The highest BCUT2D eigenvalue weighted by Gasteiger charge is 2.25. The molecule has 0 saturated carbocycles. The van der Waals surface area contributed by atoms with Crippen LogP contribution in [-0.4, -0.2) is 21.0 Å². The van der Waals surface area contributed by atoms with Gasteiger partial charge in [-0.2, -0.15) is 4.68 Å². The van der Waals surface area contributed by atoms with Crippen LogP contribution in [0.4, 0.5) is 4.79 Å². The van der Waals surface area contributed by atoms with Crippen molar-refractivity contribution in [3.05, 3.63) is 83.9 Å². The second-order valence-electron chi connectivity index (χ2n) is 6.81. The molecule has 0 fully saturated rings. The van der Waals surface area contributed by atoms with Crippen LogP contribution in [0.15, 0.2) is 72.8 Å². The fourth-order valence-corrected chi connectivity index (χ4v) is 3.66. The number of aryl methyl sites for hydroxylation is 1. The number of carbonyl (C=O) groups excluding carboxylic acids is 1. The molecule has 138 valence electrons. The van der Waals surface area contributed by atoms with Crippen LogP contribution in [0.25, 0.3) is 11.0 Å². The number of amides is 1. The molecule has 1 N–H and O–H groups in total. The third-order valence-electron chi connectivity index (χ3n) is 5.02. The number of hydrogen-bond donors (Lipinski definition) is 1. The van der Waals surface area contributed by atoms with Gasteiger partial charge in [-0.05, 0) is 48.2 Å². The standard InChI is InChI=1S/C22H18N4O2/c27-22(23-19-12-10-15-6-4-5-9-18(15)19)26-21-13-11-17(14-20(21)24-25-26)28-16-7-2-1-3-8-16/h1-9,11,13-14,19H,10,12H2,(H,23,27). The summed E-state index contributed by atoms with van der Waals surface area (Å²) < 4.78 is 7.13. The van der Waals surface area contributed by atoms with E-state index in [0.717, 1.165) is 18.6 Å². The van der Waals surface area contributed by atoms with Gasteiger partial charge in [0, 0.05) is 6.07 Å². The van der Waals surface area contributed by atoms with Gasteiger partial charge in [0.1, 0.15) is 17.0 Å². The van der Waals surface area contributed by atoms with E-state index in [9.17, 15) is 4.79 Å². The van der Waals surface area contributed by atoms with Crippen molar-refractivity contribution in [1.29, 1.82) is 0 Å². The Morgan fingerprint density at radius 3 is 2.71 bits per heavy atom. The Labute approximate surface area is 161 Å². The monoisotopic (exact) mass is 370 g/mol. The van der Waals surface area contributed by atoms with Gasteiger partial charge in [-0.15, -0.1) is 5.10 Å². The number of benzene rings is 3. The zero-order chi connectivity index (χ0) is 18.9. The first kappa shape index (κ1) is 16.5. The van der Waals surface area contributed by atoms with Crippen molar-refractivity contribution in [1.82, 2.24) is 20.3 Å². The van der Waals surface area contributed by atoms with E-state index in [-0.39, 0.29) is 12.1 Å². The van der Waals surface area contributed by atoms with E-state index in [0.29, 0.717) is 16.8 Å². The largest absolute Gasteiger partial charge is 0.457 e. The number of aromatic nitrogens is 3. The van der Waals surface area contributed by atoms with Crippen molar-refractivity contribution in [2.45, 2.75) is 18.9 Å². The predicted octanol–water partition coefficient (Wildman–Crippen LogP) is 4.47. The first-order valence-electron chi connectivity index (χ1n) is 9.25. The van der Waals surface area contributed by atoms with Gasteiger partial charge in [0.25, 0.3) is 0 Å². The Kier molecular flexibility index (Phi) is 4.01. The van der Waals surface area contributed by atoms with E-state index in [1.54, 1.807) is 12.1 Å². The van der Waals surface area contributed by atoms with Crippen LogP contribution in [0.3, 0.4) is 0 Å². The lowest BCUT2D eigenvalue weighted by molar-refractivity contribution is 0.236. The molecule has 4 aromatic rings. The fourth-order valence-electron chi connectivity index (χ4n) is 3.66. The summed E-state index contributed by atoms with van der Waals surface area (Å²) in [7, 11) is 0. The maximum atomic E-state index is 12.8. The molecule has 5 rings (SSSR count). The SMILES string of the molecule is O=C(NC1CCc2ccccc21)n1nnc2cc(Oc3ccccc3)ccc21. The Hall–Kier alpha value is -3.67.